The summed E-state index contributed by atoms with van der Waals surface area (Å²) < 4.78 is 36.9. The minimum Gasteiger partial charge on any atom is -0.459 e. The number of carbonyl (C=O) groups excluding carboxylic acids is 1. The molecule has 20 heavy (non-hydrogen) atoms. The zero-order valence-corrected chi connectivity index (χ0v) is 10.3. The van der Waals surface area contributed by atoms with Crippen LogP contribution in [-0.2, 0) is 9.47 Å². The summed E-state index contributed by atoms with van der Waals surface area (Å²) in [6.45, 7) is 0.463. The topological polar surface area (TPSA) is 78.7 Å². The highest BCUT2D eigenvalue weighted by Gasteiger charge is 2.26. The van der Waals surface area contributed by atoms with Crippen molar-refractivity contribution in [1.82, 2.24) is 0 Å². The van der Waals surface area contributed by atoms with Gasteiger partial charge in [-0.1, -0.05) is 0 Å². The molecule has 6 nitrogen and oxygen atoms in total. The maximum absolute atomic E-state index is 13.7. The van der Waals surface area contributed by atoms with Crippen LogP contribution in [-0.4, -0.2) is 30.2 Å². The van der Waals surface area contributed by atoms with Gasteiger partial charge in [-0.3, -0.25) is 10.1 Å². The zero-order valence-electron chi connectivity index (χ0n) is 10.3. The number of carbonyl (C=O) groups is 1. The van der Waals surface area contributed by atoms with Gasteiger partial charge in [-0.2, -0.15) is 4.39 Å². The standard InChI is InChI=1S/C12H11F2NO5/c13-7-4-9(11(14)10(5-7)15(17)18)12(16)20-6-8-2-1-3-19-8/h4-5,8H,1-3,6H2. The number of esters is 1. The van der Waals surface area contributed by atoms with Crippen molar-refractivity contribution < 1.29 is 28.0 Å². The van der Waals surface area contributed by atoms with Crippen LogP contribution in [0.3, 0.4) is 0 Å². The van der Waals surface area contributed by atoms with Crippen molar-refractivity contribution in [1.29, 1.82) is 0 Å². The molecule has 1 aliphatic heterocycles. The first-order valence-electron chi connectivity index (χ1n) is 5.91. The van der Waals surface area contributed by atoms with Gasteiger partial charge in [0, 0.05) is 6.61 Å². The van der Waals surface area contributed by atoms with Gasteiger partial charge in [0.05, 0.1) is 17.1 Å². The Morgan fingerprint density at radius 2 is 2.25 bits per heavy atom. The molecular weight excluding hydrogens is 276 g/mol. The highest BCUT2D eigenvalue weighted by atomic mass is 19.1. The van der Waals surface area contributed by atoms with E-state index < -0.39 is 33.8 Å². The van der Waals surface area contributed by atoms with Crippen molar-refractivity contribution in [3.63, 3.8) is 0 Å². The van der Waals surface area contributed by atoms with Crippen LogP contribution < -0.4 is 0 Å². The Morgan fingerprint density at radius 1 is 1.50 bits per heavy atom. The molecule has 0 aliphatic carbocycles. The van der Waals surface area contributed by atoms with Gasteiger partial charge in [-0.05, 0) is 18.9 Å². The number of ether oxygens (including phenoxy) is 2. The second-order valence-corrected chi connectivity index (χ2v) is 4.28. The summed E-state index contributed by atoms with van der Waals surface area (Å²) in [7, 11) is 0. The van der Waals surface area contributed by atoms with Crippen molar-refractivity contribution in [3.8, 4) is 0 Å². The number of nitro groups is 1. The number of hydrogen-bond acceptors (Lipinski definition) is 5. The normalized spacial score (nSPS) is 18.0. The van der Waals surface area contributed by atoms with Gasteiger partial charge in [0.15, 0.2) is 0 Å². The number of benzene rings is 1. The molecule has 108 valence electrons. The molecule has 0 amide bonds. The molecule has 0 saturated carbocycles. The molecule has 1 saturated heterocycles. The van der Waals surface area contributed by atoms with E-state index in [1.165, 1.54) is 0 Å². The second-order valence-electron chi connectivity index (χ2n) is 4.28. The van der Waals surface area contributed by atoms with Crippen LogP contribution in [0.5, 0.6) is 0 Å². The predicted molar refractivity (Wildman–Crippen MR) is 62.3 cm³/mol. The molecule has 1 unspecified atom stereocenters. The lowest BCUT2D eigenvalue weighted by molar-refractivity contribution is -0.387. The van der Waals surface area contributed by atoms with Crippen LogP contribution in [0.25, 0.3) is 0 Å². The molecule has 1 aliphatic rings. The molecule has 1 aromatic carbocycles. The van der Waals surface area contributed by atoms with Gasteiger partial charge >= 0.3 is 11.7 Å². The largest absolute Gasteiger partial charge is 0.459 e. The Kier molecular flexibility index (Phi) is 4.23. The van der Waals surface area contributed by atoms with Crippen molar-refractivity contribution in [3.05, 3.63) is 39.4 Å². The summed E-state index contributed by atoms with van der Waals surface area (Å²) >= 11 is 0. The molecule has 0 aromatic heterocycles. The maximum atomic E-state index is 13.7. The fourth-order valence-electron chi connectivity index (χ4n) is 1.88. The van der Waals surface area contributed by atoms with Crippen LogP contribution in [0, 0.1) is 21.7 Å². The average molecular weight is 287 g/mol. The lowest BCUT2D eigenvalue weighted by Gasteiger charge is -2.10. The number of rotatable bonds is 4. The fourth-order valence-corrected chi connectivity index (χ4v) is 1.88. The zero-order chi connectivity index (χ0) is 14.7. The molecule has 0 radical (unpaired) electrons. The minimum absolute atomic E-state index is 0.0947. The van der Waals surface area contributed by atoms with E-state index in [0.29, 0.717) is 25.2 Å². The first-order chi connectivity index (χ1) is 9.49. The van der Waals surface area contributed by atoms with E-state index >= 15 is 0 Å². The highest BCUT2D eigenvalue weighted by molar-refractivity contribution is 5.90. The highest BCUT2D eigenvalue weighted by Crippen LogP contribution is 2.23. The Labute approximate surface area is 112 Å². The van der Waals surface area contributed by atoms with Crippen molar-refractivity contribution in [2.24, 2.45) is 0 Å². The van der Waals surface area contributed by atoms with Gasteiger partial charge in [0.1, 0.15) is 18.0 Å². The second kappa shape index (κ2) is 5.91. The number of halogens is 2. The third-order valence-electron chi connectivity index (χ3n) is 2.86. The third kappa shape index (κ3) is 3.08. The summed E-state index contributed by atoms with van der Waals surface area (Å²) in [5, 5.41) is 10.5. The fraction of sp³-hybridized carbons (Fsp3) is 0.417. The van der Waals surface area contributed by atoms with Crippen molar-refractivity contribution in [2.45, 2.75) is 18.9 Å². The number of nitro benzene ring substituents is 1. The molecule has 1 heterocycles. The molecule has 0 spiro atoms. The SMILES string of the molecule is O=C(OCC1CCCO1)c1cc(F)cc([N+](=O)[O-])c1F. The quantitative estimate of drug-likeness (QED) is 0.482. The minimum atomic E-state index is -1.41. The van der Waals surface area contributed by atoms with E-state index in [1.807, 2.05) is 0 Å². The van der Waals surface area contributed by atoms with Crippen LogP contribution in [0.4, 0.5) is 14.5 Å². The van der Waals surface area contributed by atoms with Gasteiger partial charge < -0.3 is 9.47 Å². The summed E-state index contributed by atoms with van der Waals surface area (Å²) in [6, 6.07) is 0.979. The van der Waals surface area contributed by atoms with E-state index in [0.717, 1.165) is 6.42 Å². The van der Waals surface area contributed by atoms with Crippen molar-refractivity contribution >= 4 is 11.7 Å². The van der Waals surface area contributed by atoms with Crippen molar-refractivity contribution in [2.75, 3.05) is 13.2 Å². The smallest absolute Gasteiger partial charge is 0.341 e. The molecule has 8 heteroatoms. The summed E-state index contributed by atoms with van der Waals surface area (Å²) in [5.41, 5.74) is -1.90. The number of hydrogen-bond donors (Lipinski definition) is 0. The van der Waals surface area contributed by atoms with Gasteiger partial charge in [-0.25, -0.2) is 9.18 Å². The Balaban J connectivity index is 2.14. The van der Waals surface area contributed by atoms with Gasteiger partial charge in [0.2, 0.25) is 5.82 Å². The van der Waals surface area contributed by atoms with Crippen LogP contribution in [0.2, 0.25) is 0 Å². The Hall–Kier alpha value is -2.09. The molecule has 2 rings (SSSR count). The van der Waals surface area contributed by atoms with Crippen LogP contribution in [0.15, 0.2) is 12.1 Å². The first-order valence-corrected chi connectivity index (χ1v) is 5.91. The van der Waals surface area contributed by atoms with Gasteiger partial charge in [-0.15, -0.1) is 0 Å². The van der Waals surface area contributed by atoms with E-state index in [-0.39, 0.29) is 12.7 Å². The summed E-state index contributed by atoms with van der Waals surface area (Å²) in [5.74, 6) is -3.64. The van der Waals surface area contributed by atoms with Crippen LogP contribution in [0.1, 0.15) is 23.2 Å². The molecule has 1 aromatic rings. The third-order valence-corrected chi connectivity index (χ3v) is 2.86. The van der Waals surface area contributed by atoms with E-state index in [4.69, 9.17) is 9.47 Å². The predicted octanol–water partition coefficient (Wildman–Crippen LogP) is 2.21. The van der Waals surface area contributed by atoms with E-state index in [2.05, 4.69) is 0 Å². The number of nitrogens with zero attached hydrogens (tertiary/aromatic N) is 1. The summed E-state index contributed by atoms with van der Waals surface area (Å²) in [6.07, 6.45) is 1.27. The molecule has 1 fully saturated rings. The van der Waals surface area contributed by atoms with Gasteiger partial charge in [0.25, 0.3) is 0 Å². The lowest BCUT2D eigenvalue weighted by Crippen LogP contribution is -2.19. The van der Waals surface area contributed by atoms with E-state index in [1.54, 1.807) is 0 Å². The van der Waals surface area contributed by atoms with E-state index in [9.17, 15) is 23.7 Å². The lowest BCUT2D eigenvalue weighted by atomic mass is 10.2. The monoisotopic (exact) mass is 287 g/mol. The maximum Gasteiger partial charge on any atom is 0.341 e. The first kappa shape index (κ1) is 14.3. The molecule has 0 bridgehead atoms. The average Bonchev–Trinajstić information content (AvgIpc) is 2.91. The Morgan fingerprint density at radius 3 is 2.85 bits per heavy atom. The van der Waals surface area contributed by atoms with Crippen LogP contribution >= 0.6 is 0 Å². The molecule has 0 N–H and O–H groups in total. The summed E-state index contributed by atoms with van der Waals surface area (Å²) in [4.78, 5) is 21.1. The molecular formula is C12H11F2NO5. The molecule has 1 atom stereocenters. The Bertz CT molecular complexity index is 543.